The number of nitrogens with zero attached hydrogens (tertiary/aromatic N) is 1. The third-order valence-corrected chi connectivity index (χ3v) is 5.33. The van der Waals surface area contributed by atoms with Crippen molar-refractivity contribution in [3.8, 4) is 11.5 Å². The maximum atomic E-state index is 13.3. The number of rotatable bonds is 7. The predicted octanol–water partition coefficient (Wildman–Crippen LogP) is 4.54. The number of amides is 2. The number of carbonyl (C=O) groups is 2. The third-order valence-electron chi connectivity index (χ3n) is 5.33. The summed E-state index contributed by atoms with van der Waals surface area (Å²) in [6.07, 6.45) is -0.0838. The minimum absolute atomic E-state index is 0.120. The summed E-state index contributed by atoms with van der Waals surface area (Å²) >= 11 is 0. The van der Waals surface area contributed by atoms with Crippen molar-refractivity contribution in [3.05, 3.63) is 89.7 Å². The highest BCUT2D eigenvalue weighted by Crippen LogP contribution is 2.30. The van der Waals surface area contributed by atoms with E-state index in [9.17, 15) is 14.0 Å². The van der Waals surface area contributed by atoms with E-state index in [-0.39, 0.29) is 24.2 Å². The van der Waals surface area contributed by atoms with E-state index >= 15 is 0 Å². The Kier molecular flexibility index (Phi) is 6.88. The molecule has 0 fully saturated rings. The number of carbonyl (C=O) groups excluding carboxylic acids is 2. The summed E-state index contributed by atoms with van der Waals surface area (Å²) in [7, 11) is 0. The fourth-order valence-corrected chi connectivity index (χ4v) is 3.65. The summed E-state index contributed by atoms with van der Waals surface area (Å²) in [4.78, 5) is 27.1. The molecule has 6 nitrogen and oxygen atoms in total. The van der Waals surface area contributed by atoms with Crippen LogP contribution in [0.2, 0.25) is 0 Å². The van der Waals surface area contributed by atoms with Gasteiger partial charge in [-0.2, -0.15) is 0 Å². The first kappa shape index (κ1) is 22.3. The topological polar surface area (TPSA) is 67.9 Å². The van der Waals surface area contributed by atoms with E-state index in [1.165, 1.54) is 12.1 Å². The number of fused-ring (bicyclic) bond motifs is 1. The summed E-state index contributed by atoms with van der Waals surface area (Å²) in [6.45, 7) is 2.42. The van der Waals surface area contributed by atoms with Gasteiger partial charge in [0.1, 0.15) is 17.3 Å². The van der Waals surface area contributed by atoms with Crippen LogP contribution in [0.5, 0.6) is 11.5 Å². The Hall–Kier alpha value is -3.87. The van der Waals surface area contributed by atoms with Gasteiger partial charge in [0.25, 0.3) is 11.8 Å². The summed E-state index contributed by atoms with van der Waals surface area (Å²) < 4.78 is 24.7. The zero-order valence-electron chi connectivity index (χ0n) is 18.3. The van der Waals surface area contributed by atoms with Crippen LogP contribution < -0.4 is 14.8 Å². The Labute approximate surface area is 191 Å². The number of ether oxygens (including phenoxy) is 2. The maximum absolute atomic E-state index is 13.3. The number of hydrogen-bond acceptors (Lipinski definition) is 4. The molecule has 3 aromatic rings. The van der Waals surface area contributed by atoms with E-state index in [4.69, 9.17) is 9.47 Å². The Morgan fingerprint density at radius 3 is 2.61 bits per heavy atom. The summed E-state index contributed by atoms with van der Waals surface area (Å²) in [5.41, 5.74) is 2.19. The van der Waals surface area contributed by atoms with Crippen LogP contribution >= 0.6 is 0 Å². The van der Waals surface area contributed by atoms with Gasteiger partial charge < -0.3 is 19.7 Å². The van der Waals surface area contributed by atoms with E-state index in [2.05, 4.69) is 5.32 Å². The normalized spacial score (nSPS) is 15.3. The molecule has 4 rings (SSSR count). The highest BCUT2D eigenvalue weighted by atomic mass is 19.1. The van der Waals surface area contributed by atoms with Gasteiger partial charge >= 0.3 is 0 Å². The quantitative estimate of drug-likeness (QED) is 0.576. The highest BCUT2D eigenvalue weighted by Gasteiger charge is 2.30. The molecule has 1 N–H and O–H groups in total. The van der Waals surface area contributed by atoms with Crippen LogP contribution in [-0.2, 0) is 22.7 Å². The number of benzene rings is 3. The Morgan fingerprint density at radius 1 is 1.12 bits per heavy atom. The number of para-hydroxylation sites is 1. The van der Waals surface area contributed by atoms with Crippen molar-refractivity contribution >= 4 is 17.5 Å². The average molecular weight is 448 g/mol. The first-order chi connectivity index (χ1) is 16.0. The van der Waals surface area contributed by atoms with Crippen molar-refractivity contribution in [1.29, 1.82) is 0 Å². The molecule has 1 aliphatic heterocycles. The first-order valence-corrected chi connectivity index (χ1v) is 10.8. The van der Waals surface area contributed by atoms with Gasteiger partial charge in [-0.1, -0.05) is 37.3 Å². The van der Waals surface area contributed by atoms with E-state index in [0.29, 0.717) is 36.7 Å². The smallest absolute Gasteiger partial charge is 0.264 e. The van der Waals surface area contributed by atoms with Crippen molar-refractivity contribution in [2.45, 2.75) is 32.5 Å². The molecule has 170 valence electrons. The Morgan fingerprint density at radius 2 is 1.88 bits per heavy atom. The molecule has 1 atom stereocenters. The molecule has 7 heteroatoms. The lowest BCUT2D eigenvalue weighted by Gasteiger charge is -2.23. The lowest BCUT2D eigenvalue weighted by atomic mass is 10.1. The van der Waals surface area contributed by atoms with Crippen LogP contribution in [0.1, 0.15) is 24.5 Å². The first-order valence-electron chi connectivity index (χ1n) is 10.8. The molecule has 1 heterocycles. The molecule has 0 saturated heterocycles. The van der Waals surface area contributed by atoms with Crippen molar-refractivity contribution in [3.63, 3.8) is 0 Å². The van der Waals surface area contributed by atoms with Crippen LogP contribution in [-0.4, -0.2) is 29.4 Å². The second kappa shape index (κ2) is 10.2. The van der Waals surface area contributed by atoms with E-state index in [1.807, 2.05) is 25.1 Å². The second-order valence-electron chi connectivity index (χ2n) is 7.81. The molecular formula is C26H25FN2O4. The summed E-state index contributed by atoms with van der Waals surface area (Å²) in [6, 6.07) is 20.5. The van der Waals surface area contributed by atoms with Gasteiger partial charge in [0.2, 0.25) is 0 Å². The van der Waals surface area contributed by atoms with Crippen LogP contribution in [0, 0.1) is 5.82 Å². The molecule has 0 saturated carbocycles. The van der Waals surface area contributed by atoms with Gasteiger partial charge in [-0.25, -0.2) is 4.39 Å². The lowest BCUT2D eigenvalue weighted by molar-refractivity contribution is -0.139. The molecule has 1 aliphatic rings. The number of anilines is 1. The molecule has 0 bridgehead atoms. The average Bonchev–Trinajstić information content (AvgIpc) is 2.96. The molecule has 0 radical (unpaired) electrons. The molecule has 0 spiro atoms. The second-order valence-corrected chi connectivity index (χ2v) is 7.81. The summed E-state index contributed by atoms with van der Waals surface area (Å²) in [5.74, 6) is 0.482. The SMILES string of the molecule is CC[C@@H]1Oc2ccc(NC(=O)COc3ccccc3)cc2CN(Cc2ccc(F)cc2)C1=O. The number of hydrogen-bond donors (Lipinski definition) is 1. The molecule has 33 heavy (non-hydrogen) atoms. The van der Waals surface area contributed by atoms with Gasteiger partial charge in [-0.05, 0) is 54.4 Å². The fraction of sp³-hybridized carbons (Fsp3) is 0.231. The standard InChI is InChI=1S/C26H25FN2O4/c1-2-23-26(31)29(15-18-8-10-20(27)11-9-18)16-19-14-21(12-13-24(19)33-23)28-25(30)17-32-22-6-4-3-5-7-22/h3-14,23H,2,15-17H2,1H3,(H,28,30)/t23-/m0/s1. The van der Waals surface area contributed by atoms with E-state index in [0.717, 1.165) is 11.1 Å². The van der Waals surface area contributed by atoms with Crippen LogP contribution in [0.4, 0.5) is 10.1 Å². The van der Waals surface area contributed by atoms with E-state index < -0.39 is 6.10 Å². The van der Waals surface area contributed by atoms with Gasteiger partial charge in [0.05, 0.1) is 0 Å². The Bertz CT molecular complexity index is 1120. The maximum Gasteiger partial charge on any atom is 0.264 e. The third kappa shape index (κ3) is 5.68. The van der Waals surface area contributed by atoms with Gasteiger partial charge in [0.15, 0.2) is 12.7 Å². The van der Waals surface area contributed by atoms with Gasteiger partial charge in [0, 0.05) is 24.3 Å². The minimum atomic E-state index is -0.605. The Balaban J connectivity index is 1.48. The molecule has 0 unspecified atom stereocenters. The van der Waals surface area contributed by atoms with Gasteiger partial charge in [-0.3, -0.25) is 9.59 Å². The van der Waals surface area contributed by atoms with Crippen molar-refractivity contribution < 1.29 is 23.5 Å². The van der Waals surface area contributed by atoms with Crippen LogP contribution in [0.15, 0.2) is 72.8 Å². The monoisotopic (exact) mass is 448 g/mol. The highest BCUT2D eigenvalue weighted by molar-refractivity contribution is 5.92. The van der Waals surface area contributed by atoms with Crippen molar-refractivity contribution in [1.82, 2.24) is 4.90 Å². The number of halogens is 1. The largest absolute Gasteiger partial charge is 0.484 e. The van der Waals surface area contributed by atoms with Crippen LogP contribution in [0.25, 0.3) is 0 Å². The molecular weight excluding hydrogens is 423 g/mol. The molecule has 0 aromatic heterocycles. The molecule has 3 aromatic carbocycles. The van der Waals surface area contributed by atoms with Crippen molar-refractivity contribution in [2.24, 2.45) is 0 Å². The number of nitrogens with one attached hydrogen (secondary N) is 1. The zero-order valence-corrected chi connectivity index (χ0v) is 18.3. The predicted molar refractivity (Wildman–Crippen MR) is 122 cm³/mol. The molecule has 0 aliphatic carbocycles. The summed E-state index contributed by atoms with van der Waals surface area (Å²) in [5, 5.41) is 2.83. The zero-order chi connectivity index (χ0) is 23.2. The minimum Gasteiger partial charge on any atom is -0.484 e. The van der Waals surface area contributed by atoms with E-state index in [1.54, 1.807) is 47.4 Å². The van der Waals surface area contributed by atoms with Gasteiger partial charge in [-0.15, -0.1) is 0 Å². The fourth-order valence-electron chi connectivity index (χ4n) is 3.65. The van der Waals surface area contributed by atoms with Crippen molar-refractivity contribution in [2.75, 3.05) is 11.9 Å². The van der Waals surface area contributed by atoms with Crippen LogP contribution in [0.3, 0.4) is 0 Å². The molecule has 2 amide bonds. The lowest BCUT2D eigenvalue weighted by Crippen LogP contribution is -2.38.